The van der Waals surface area contributed by atoms with Crippen LogP contribution in [0, 0.1) is 5.41 Å². The number of aromatic nitrogens is 2. The van der Waals surface area contributed by atoms with Gasteiger partial charge >= 0.3 is 0 Å². The lowest BCUT2D eigenvalue weighted by Gasteiger charge is -2.39. The number of nitrogens with one attached hydrogen (secondary N) is 1. The first-order valence-corrected chi connectivity index (χ1v) is 7.55. The van der Waals surface area contributed by atoms with Gasteiger partial charge in [-0.2, -0.15) is 0 Å². The normalized spacial score (nSPS) is 18.1. The number of piperidine rings is 1. The number of anilines is 2. The van der Waals surface area contributed by atoms with E-state index in [4.69, 9.17) is 5.73 Å². The highest BCUT2D eigenvalue weighted by Gasteiger charge is 2.29. The number of benzene rings is 1. The molecule has 0 unspecified atom stereocenters. The van der Waals surface area contributed by atoms with Crippen LogP contribution in [0.2, 0.25) is 0 Å². The number of nitrogen functional groups attached to an aromatic ring is 1. The third-order valence-corrected chi connectivity index (χ3v) is 4.84. The van der Waals surface area contributed by atoms with E-state index in [1.807, 2.05) is 6.07 Å². The second-order valence-corrected chi connectivity index (χ2v) is 6.32. The minimum Gasteiger partial charge on any atom is -0.399 e. The highest BCUT2D eigenvalue weighted by atomic mass is 16.1. The summed E-state index contributed by atoms with van der Waals surface area (Å²) in [4.78, 5) is 21.9. The summed E-state index contributed by atoms with van der Waals surface area (Å²) in [6, 6.07) is 5.27. The Morgan fingerprint density at radius 1 is 1.38 bits per heavy atom. The van der Waals surface area contributed by atoms with Gasteiger partial charge in [-0.25, -0.2) is 4.98 Å². The molecule has 0 aliphatic carbocycles. The molecule has 2 heterocycles. The lowest BCUT2D eigenvalue weighted by Crippen LogP contribution is -2.40. The fraction of sp³-hybridized carbons (Fsp3) is 0.500. The molecule has 1 saturated heterocycles. The van der Waals surface area contributed by atoms with Crippen LogP contribution in [0.25, 0.3) is 10.9 Å². The zero-order chi connectivity index (χ0) is 15.0. The van der Waals surface area contributed by atoms with Crippen LogP contribution in [0.15, 0.2) is 23.0 Å². The van der Waals surface area contributed by atoms with Crippen LogP contribution in [-0.4, -0.2) is 23.1 Å². The zero-order valence-electron chi connectivity index (χ0n) is 12.6. The molecule has 0 saturated carbocycles. The van der Waals surface area contributed by atoms with E-state index >= 15 is 0 Å². The van der Waals surface area contributed by atoms with Gasteiger partial charge in [0.1, 0.15) is 0 Å². The number of H-pyrrole nitrogens is 1. The average Bonchev–Trinajstić information content (AvgIpc) is 2.48. The zero-order valence-corrected chi connectivity index (χ0v) is 12.6. The Kier molecular flexibility index (Phi) is 3.35. The van der Waals surface area contributed by atoms with Gasteiger partial charge in [-0.1, -0.05) is 20.3 Å². The predicted molar refractivity (Wildman–Crippen MR) is 86.6 cm³/mol. The summed E-state index contributed by atoms with van der Waals surface area (Å²) in [7, 11) is 0. The quantitative estimate of drug-likeness (QED) is 0.832. The molecule has 0 amide bonds. The summed E-state index contributed by atoms with van der Waals surface area (Å²) in [5, 5.41) is 0.550. The molecule has 1 fully saturated rings. The van der Waals surface area contributed by atoms with Gasteiger partial charge in [-0.05, 0) is 36.5 Å². The van der Waals surface area contributed by atoms with Crippen molar-refractivity contribution in [2.24, 2.45) is 5.41 Å². The molecule has 112 valence electrons. The van der Waals surface area contributed by atoms with Crippen molar-refractivity contribution in [2.75, 3.05) is 23.7 Å². The van der Waals surface area contributed by atoms with Crippen LogP contribution in [0.5, 0.6) is 0 Å². The first kappa shape index (κ1) is 13.9. The van der Waals surface area contributed by atoms with Crippen molar-refractivity contribution in [3.63, 3.8) is 0 Å². The number of hydrogen-bond acceptors (Lipinski definition) is 4. The predicted octanol–water partition coefficient (Wildman–Crippen LogP) is 2.52. The molecule has 1 aromatic heterocycles. The highest BCUT2D eigenvalue weighted by molar-refractivity contribution is 5.81. The molecular weight excluding hydrogens is 264 g/mol. The molecule has 0 atom stereocenters. The maximum Gasteiger partial charge on any atom is 0.260 e. The smallest absolute Gasteiger partial charge is 0.260 e. The number of hydrogen-bond donors (Lipinski definition) is 2. The van der Waals surface area contributed by atoms with Gasteiger partial charge in [0, 0.05) is 18.8 Å². The first-order chi connectivity index (χ1) is 10.0. The number of nitrogens with two attached hydrogens (primary N) is 1. The van der Waals surface area contributed by atoms with E-state index in [1.165, 1.54) is 6.42 Å². The summed E-state index contributed by atoms with van der Waals surface area (Å²) in [6.45, 7) is 6.46. The van der Waals surface area contributed by atoms with Crippen molar-refractivity contribution in [3.05, 3.63) is 28.6 Å². The Labute approximate surface area is 124 Å². The van der Waals surface area contributed by atoms with E-state index in [0.29, 0.717) is 28.0 Å². The van der Waals surface area contributed by atoms with E-state index in [2.05, 4.69) is 28.7 Å². The molecule has 21 heavy (non-hydrogen) atoms. The average molecular weight is 286 g/mol. The molecule has 3 rings (SSSR count). The van der Waals surface area contributed by atoms with Crippen LogP contribution in [0.4, 0.5) is 11.6 Å². The largest absolute Gasteiger partial charge is 0.399 e. The van der Waals surface area contributed by atoms with Crippen molar-refractivity contribution in [3.8, 4) is 0 Å². The molecule has 0 radical (unpaired) electrons. The van der Waals surface area contributed by atoms with Gasteiger partial charge in [-0.15, -0.1) is 0 Å². The molecule has 2 aromatic rings. The Bertz CT molecular complexity index is 714. The van der Waals surface area contributed by atoms with Crippen LogP contribution in [0.1, 0.15) is 33.1 Å². The van der Waals surface area contributed by atoms with E-state index in [0.717, 1.165) is 25.9 Å². The maximum absolute atomic E-state index is 12.2. The van der Waals surface area contributed by atoms with Crippen LogP contribution >= 0.6 is 0 Å². The summed E-state index contributed by atoms with van der Waals surface area (Å²) < 4.78 is 0. The SMILES string of the molecule is CCC1(C)CCN(c2nc3ccc(N)cc3c(=O)[nH]2)CC1. The van der Waals surface area contributed by atoms with Gasteiger partial charge < -0.3 is 10.6 Å². The summed E-state index contributed by atoms with van der Waals surface area (Å²) in [5.41, 5.74) is 7.31. The summed E-state index contributed by atoms with van der Waals surface area (Å²) in [5.74, 6) is 0.676. The van der Waals surface area contributed by atoms with Gasteiger partial charge in [0.2, 0.25) is 5.95 Å². The number of fused-ring (bicyclic) bond motifs is 1. The monoisotopic (exact) mass is 286 g/mol. The van der Waals surface area contributed by atoms with E-state index in [1.54, 1.807) is 12.1 Å². The topological polar surface area (TPSA) is 75.0 Å². The molecule has 1 aliphatic rings. The first-order valence-electron chi connectivity index (χ1n) is 7.55. The molecule has 5 nitrogen and oxygen atoms in total. The van der Waals surface area contributed by atoms with Crippen molar-refractivity contribution in [1.29, 1.82) is 0 Å². The lowest BCUT2D eigenvalue weighted by molar-refractivity contribution is 0.237. The summed E-state index contributed by atoms with van der Waals surface area (Å²) >= 11 is 0. The third-order valence-electron chi connectivity index (χ3n) is 4.84. The second-order valence-electron chi connectivity index (χ2n) is 6.32. The van der Waals surface area contributed by atoms with Gasteiger partial charge in [0.05, 0.1) is 10.9 Å². The van der Waals surface area contributed by atoms with Crippen LogP contribution in [0.3, 0.4) is 0 Å². The molecule has 1 aliphatic heterocycles. The Hall–Kier alpha value is -2.04. The molecule has 0 bridgehead atoms. The van der Waals surface area contributed by atoms with Gasteiger partial charge in [0.15, 0.2) is 0 Å². The standard InChI is InChI=1S/C16H22N4O/c1-3-16(2)6-8-20(9-7-16)15-18-13-5-4-11(17)10-12(13)14(21)19-15/h4-5,10H,3,6-9,17H2,1-2H3,(H,18,19,21). The van der Waals surface area contributed by atoms with Crippen LogP contribution in [-0.2, 0) is 0 Å². The summed E-state index contributed by atoms with van der Waals surface area (Å²) in [6.07, 6.45) is 3.46. The number of nitrogens with zero attached hydrogens (tertiary/aromatic N) is 2. The minimum atomic E-state index is -0.119. The van der Waals surface area contributed by atoms with Crippen molar-refractivity contribution in [1.82, 2.24) is 9.97 Å². The molecule has 0 spiro atoms. The highest BCUT2D eigenvalue weighted by Crippen LogP contribution is 2.34. The molecule has 1 aromatic carbocycles. The third kappa shape index (κ3) is 2.60. The van der Waals surface area contributed by atoms with E-state index in [9.17, 15) is 4.79 Å². The van der Waals surface area contributed by atoms with Gasteiger partial charge in [0.25, 0.3) is 5.56 Å². The van der Waals surface area contributed by atoms with E-state index in [-0.39, 0.29) is 5.56 Å². The Morgan fingerprint density at radius 3 is 2.76 bits per heavy atom. The molecule has 3 N–H and O–H groups in total. The van der Waals surface area contributed by atoms with E-state index < -0.39 is 0 Å². The fourth-order valence-corrected chi connectivity index (χ4v) is 2.91. The minimum absolute atomic E-state index is 0.119. The fourth-order valence-electron chi connectivity index (χ4n) is 2.91. The van der Waals surface area contributed by atoms with Gasteiger partial charge in [-0.3, -0.25) is 9.78 Å². The lowest BCUT2D eigenvalue weighted by atomic mass is 9.78. The number of aromatic amines is 1. The second kappa shape index (κ2) is 5.06. The van der Waals surface area contributed by atoms with Crippen LogP contribution < -0.4 is 16.2 Å². The van der Waals surface area contributed by atoms with Crippen molar-refractivity contribution in [2.45, 2.75) is 33.1 Å². The molecular formula is C16H22N4O. The van der Waals surface area contributed by atoms with Crippen molar-refractivity contribution >= 4 is 22.5 Å². The number of rotatable bonds is 2. The van der Waals surface area contributed by atoms with Crippen molar-refractivity contribution < 1.29 is 0 Å². The maximum atomic E-state index is 12.2. The molecule has 5 heteroatoms. The Balaban J connectivity index is 1.92. The Morgan fingerprint density at radius 2 is 2.10 bits per heavy atom.